The van der Waals surface area contributed by atoms with Gasteiger partial charge in [0.1, 0.15) is 5.75 Å². The molecule has 0 bridgehead atoms. The summed E-state index contributed by atoms with van der Waals surface area (Å²) in [5.41, 5.74) is -0.304. The minimum atomic E-state index is -4.43. The average Bonchev–Trinajstić information content (AvgIpc) is 2.52. The fourth-order valence-electron chi connectivity index (χ4n) is 2.47. The molecule has 124 valence electrons. The predicted molar refractivity (Wildman–Crippen MR) is 84.3 cm³/mol. The Hall–Kier alpha value is -0.590. The molecule has 1 aromatic carbocycles. The number of rotatable bonds is 5. The number of piperidine rings is 1. The first-order valence-corrected chi connectivity index (χ1v) is 8.83. The maximum Gasteiger partial charge on any atom is 0.419 e. The third kappa shape index (κ3) is 4.70. The first kappa shape index (κ1) is 17.8. The van der Waals surface area contributed by atoms with Crippen molar-refractivity contribution >= 4 is 23.5 Å². The van der Waals surface area contributed by atoms with Gasteiger partial charge in [0.15, 0.2) is 0 Å². The van der Waals surface area contributed by atoms with E-state index >= 15 is 0 Å². The zero-order valence-corrected chi connectivity index (χ0v) is 13.9. The van der Waals surface area contributed by atoms with E-state index in [0.29, 0.717) is 18.1 Å². The van der Waals surface area contributed by atoms with Crippen molar-refractivity contribution in [3.8, 4) is 5.75 Å². The fourth-order valence-corrected chi connectivity index (χ4v) is 3.22. The Morgan fingerprint density at radius 3 is 2.55 bits per heavy atom. The monoisotopic (exact) mass is 353 g/mol. The van der Waals surface area contributed by atoms with Gasteiger partial charge in [-0.25, -0.2) is 0 Å². The second kappa shape index (κ2) is 7.79. The van der Waals surface area contributed by atoms with Crippen molar-refractivity contribution in [1.29, 1.82) is 0 Å². The molecule has 0 spiro atoms. The lowest BCUT2D eigenvalue weighted by atomic mass is 9.99. The van der Waals surface area contributed by atoms with Crippen LogP contribution in [0.1, 0.15) is 24.0 Å². The molecule has 0 radical (unpaired) electrons. The summed E-state index contributed by atoms with van der Waals surface area (Å²) in [7, 11) is 0. The Labute approximate surface area is 138 Å². The average molecular weight is 354 g/mol. The highest BCUT2D eigenvalue weighted by Gasteiger charge is 2.35. The molecule has 2 nitrogen and oxygen atoms in total. The Bertz CT molecular complexity index is 490. The van der Waals surface area contributed by atoms with Crippen LogP contribution in [0.3, 0.4) is 0 Å². The van der Waals surface area contributed by atoms with Gasteiger partial charge in [-0.05, 0) is 42.7 Å². The van der Waals surface area contributed by atoms with Crippen LogP contribution >= 0.6 is 23.5 Å². The van der Waals surface area contributed by atoms with E-state index in [4.69, 9.17) is 16.3 Å². The second-order valence-electron chi connectivity index (χ2n) is 5.33. The van der Waals surface area contributed by atoms with Crippen molar-refractivity contribution in [2.45, 2.75) is 24.9 Å². The van der Waals surface area contributed by atoms with Crippen LogP contribution in [0.15, 0.2) is 18.2 Å². The Kier molecular flexibility index (Phi) is 6.29. The van der Waals surface area contributed by atoms with E-state index < -0.39 is 11.7 Å². The van der Waals surface area contributed by atoms with Gasteiger partial charge < -0.3 is 4.74 Å². The van der Waals surface area contributed by atoms with Gasteiger partial charge in [0.25, 0.3) is 0 Å². The smallest absolute Gasteiger partial charge is 0.419 e. The van der Waals surface area contributed by atoms with Crippen LogP contribution in [-0.2, 0) is 12.1 Å². The molecule has 0 atom stereocenters. The van der Waals surface area contributed by atoms with Crippen LogP contribution in [0, 0.1) is 5.92 Å². The second-order valence-corrected chi connectivity index (χ2v) is 6.48. The van der Waals surface area contributed by atoms with Crippen molar-refractivity contribution in [2.24, 2.45) is 5.92 Å². The van der Waals surface area contributed by atoms with E-state index in [1.807, 2.05) is 6.26 Å². The van der Waals surface area contributed by atoms with Gasteiger partial charge in [-0.15, -0.1) is 11.6 Å². The highest BCUT2D eigenvalue weighted by Crippen LogP contribution is 2.37. The molecule has 1 aliphatic heterocycles. The third-order valence-electron chi connectivity index (χ3n) is 3.81. The summed E-state index contributed by atoms with van der Waals surface area (Å²) in [5.74, 6) is 0.252. The van der Waals surface area contributed by atoms with Crippen LogP contribution in [-0.4, -0.2) is 30.3 Å². The van der Waals surface area contributed by atoms with Crippen molar-refractivity contribution < 1.29 is 17.9 Å². The molecule has 22 heavy (non-hydrogen) atoms. The van der Waals surface area contributed by atoms with Crippen LogP contribution in [0.4, 0.5) is 13.2 Å². The molecule has 0 aliphatic carbocycles. The van der Waals surface area contributed by atoms with E-state index in [9.17, 15) is 13.2 Å². The number of halogens is 4. The maximum absolute atomic E-state index is 13.1. The quantitative estimate of drug-likeness (QED) is 0.556. The van der Waals surface area contributed by atoms with Gasteiger partial charge in [-0.1, -0.05) is 18.0 Å². The summed E-state index contributed by atoms with van der Waals surface area (Å²) in [5, 5.41) is 0. The van der Waals surface area contributed by atoms with Gasteiger partial charge in [-0.2, -0.15) is 13.2 Å². The molecule has 1 fully saturated rings. The summed E-state index contributed by atoms with van der Waals surface area (Å²) in [4.78, 5) is 0. The summed E-state index contributed by atoms with van der Waals surface area (Å²) in [6.45, 7) is 2.23. The van der Waals surface area contributed by atoms with Crippen LogP contribution in [0.25, 0.3) is 0 Å². The number of hydrogen-bond acceptors (Lipinski definition) is 3. The largest absolute Gasteiger partial charge is 0.493 e. The van der Waals surface area contributed by atoms with Crippen molar-refractivity contribution in [3.63, 3.8) is 0 Å². The molecule has 0 N–H and O–H groups in total. The van der Waals surface area contributed by atoms with E-state index in [1.165, 1.54) is 6.07 Å². The van der Waals surface area contributed by atoms with Crippen molar-refractivity contribution in [1.82, 2.24) is 4.31 Å². The molecule has 2 rings (SSSR count). The van der Waals surface area contributed by atoms with Crippen molar-refractivity contribution in [3.05, 3.63) is 29.3 Å². The predicted octanol–water partition coefficient (Wildman–Crippen LogP) is 4.81. The molecular weight excluding hydrogens is 335 g/mol. The number of hydrogen-bond donors (Lipinski definition) is 0. The SMILES string of the molecule is CSN1CCC(COc2ccc(CCl)cc2C(F)(F)F)CC1. The number of benzene rings is 1. The highest BCUT2D eigenvalue weighted by atomic mass is 35.5. The Morgan fingerprint density at radius 2 is 2.00 bits per heavy atom. The van der Waals surface area contributed by atoms with Crippen LogP contribution in [0.5, 0.6) is 5.75 Å². The third-order valence-corrected chi connectivity index (χ3v) is 5.00. The lowest BCUT2D eigenvalue weighted by Crippen LogP contribution is -2.31. The summed E-state index contributed by atoms with van der Waals surface area (Å²) >= 11 is 7.32. The molecule has 1 heterocycles. The van der Waals surface area contributed by atoms with Crippen molar-refractivity contribution in [2.75, 3.05) is 26.0 Å². The van der Waals surface area contributed by atoms with E-state index in [0.717, 1.165) is 32.0 Å². The normalized spacial score (nSPS) is 17.7. The molecule has 0 unspecified atom stereocenters. The molecule has 7 heteroatoms. The highest BCUT2D eigenvalue weighted by molar-refractivity contribution is 7.96. The van der Waals surface area contributed by atoms with E-state index in [-0.39, 0.29) is 11.6 Å². The molecule has 0 amide bonds. The topological polar surface area (TPSA) is 12.5 Å². The van der Waals surface area contributed by atoms with Gasteiger partial charge in [0.2, 0.25) is 0 Å². The van der Waals surface area contributed by atoms with Gasteiger partial charge >= 0.3 is 6.18 Å². The molecule has 1 saturated heterocycles. The molecule has 1 aromatic rings. The zero-order valence-electron chi connectivity index (χ0n) is 12.3. The number of ether oxygens (including phenoxy) is 1. The minimum Gasteiger partial charge on any atom is -0.493 e. The van der Waals surface area contributed by atoms with Crippen LogP contribution < -0.4 is 4.74 Å². The lowest BCUT2D eigenvalue weighted by molar-refractivity contribution is -0.139. The Balaban J connectivity index is 2.00. The summed E-state index contributed by atoms with van der Waals surface area (Å²) < 4.78 is 47.0. The molecule has 1 aliphatic rings. The van der Waals surface area contributed by atoms with E-state index in [2.05, 4.69) is 4.31 Å². The summed E-state index contributed by atoms with van der Waals surface area (Å²) in [6.07, 6.45) is -0.506. The van der Waals surface area contributed by atoms with Crippen LogP contribution in [0.2, 0.25) is 0 Å². The fraction of sp³-hybridized carbons (Fsp3) is 0.600. The van der Waals surface area contributed by atoms with Gasteiger partial charge in [-0.3, -0.25) is 4.31 Å². The molecular formula is C15H19ClF3NOS. The lowest BCUT2D eigenvalue weighted by Gasteiger charge is -2.30. The Morgan fingerprint density at radius 1 is 1.32 bits per heavy atom. The number of nitrogens with zero attached hydrogens (tertiary/aromatic N) is 1. The zero-order chi connectivity index (χ0) is 16.2. The first-order chi connectivity index (χ1) is 10.4. The van der Waals surface area contributed by atoms with Gasteiger partial charge in [0.05, 0.1) is 12.2 Å². The van der Waals surface area contributed by atoms with E-state index in [1.54, 1.807) is 18.0 Å². The number of alkyl halides is 4. The summed E-state index contributed by atoms with van der Waals surface area (Å²) in [6, 6.07) is 4.02. The first-order valence-electron chi connectivity index (χ1n) is 7.12. The molecule has 0 saturated carbocycles. The standard InChI is InChI=1S/C15H19ClF3NOS/c1-22-20-6-4-11(5-7-20)10-21-14-3-2-12(9-16)8-13(14)15(17,18)19/h2-3,8,11H,4-7,9-10H2,1H3. The van der Waals surface area contributed by atoms with Gasteiger partial charge in [0, 0.05) is 19.0 Å². The molecule has 0 aromatic heterocycles. The maximum atomic E-state index is 13.1. The minimum absolute atomic E-state index is 0.0521.